The molecule has 0 atom stereocenters. The number of benzene rings is 2. The van der Waals surface area contributed by atoms with E-state index < -0.39 is 38.6 Å². The Labute approximate surface area is 180 Å². The molecule has 0 spiro atoms. The van der Waals surface area contributed by atoms with Crippen molar-refractivity contribution in [1.82, 2.24) is 0 Å². The van der Waals surface area contributed by atoms with E-state index in [-0.39, 0.29) is 11.8 Å². The largest absolute Gasteiger partial charge is 0.418 e. The van der Waals surface area contributed by atoms with Gasteiger partial charge in [-0.3, -0.25) is 20.2 Å². The average molecular weight is 625 g/mol. The number of nitrogens with zero attached hydrogens (tertiary/aromatic N) is 3. The minimum Gasteiger partial charge on any atom is -0.337 e. The highest BCUT2D eigenvalue weighted by molar-refractivity contribution is 14.1. The van der Waals surface area contributed by atoms with Gasteiger partial charge in [-0.1, -0.05) is 0 Å². The van der Waals surface area contributed by atoms with E-state index in [1.54, 1.807) is 12.1 Å². The van der Waals surface area contributed by atoms with Crippen molar-refractivity contribution in [3.63, 3.8) is 0 Å². The van der Waals surface area contributed by atoms with Crippen LogP contribution in [0.25, 0.3) is 0 Å². The molecule has 0 saturated carbocycles. The molecule has 0 bridgehead atoms. The third-order valence-corrected chi connectivity index (χ3v) is 5.27. The van der Waals surface area contributed by atoms with Crippen LogP contribution in [0.15, 0.2) is 33.2 Å². The number of anilines is 2. The van der Waals surface area contributed by atoms with E-state index >= 15 is 0 Å². The first kappa shape index (κ1) is 21.8. The molecule has 0 aliphatic rings. The van der Waals surface area contributed by atoms with Crippen molar-refractivity contribution in [2.75, 3.05) is 11.9 Å². The molecule has 0 aliphatic carbocycles. The maximum atomic E-state index is 13.6. The number of hydrogen-bond donors (Lipinski definition) is 0. The molecule has 0 radical (unpaired) electrons. The smallest absolute Gasteiger partial charge is 0.337 e. The maximum absolute atomic E-state index is 13.6. The summed E-state index contributed by atoms with van der Waals surface area (Å²) in [4.78, 5) is 21.1. The Morgan fingerprint density at radius 2 is 1.52 bits per heavy atom. The van der Waals surface area contributed by atoms with Gasteiger partial charge in [0.15, 0.2) is 0 Å². The number of alkyl halides is 3. The van der Waals surface area contributed by atoms with Gasteiger partial charge in [0, 0.05) is 25.6 Å². The first-order chi connectivity index (χ1) is 12.3. The lowest BCUT2D eigenvalue weighted by Crippen LogP contribution is -2.19. The monoisotopic (exact) mass is 623 g/mol. The standard InChI is InChI=1S/C14H7Br2F3IN3O4/c1-21(13-9(15)2-6(20)3-10(13)16)12-8(14(17,18)19)4-7(22(24)25)5-11(12)23(26)27/h2-5H,1H3. The molecule has 2 rings (SSSR count). The van der Waals surface area contributed by atoms with Crippen LogP contribution in [-0.4, -0.2) is 16.9 Å². The molecule has 0 saturated heterocycles. The van der Waals surface area contributed by atoms with E-state index in [0.717, 1.165) is 8.47 Å². The molecule has 0 aliphatic heterocycles. The number of nitro benzene ring substituents is 2. The van der Waals surface area contributed by atoms with E-state index in [4.69, 9.17) is 0 Å². The van der Waals surface area contributed by atoms with Crippen molar-refractivity contribution in [2.45, 2.75) is 6.18 Å². The van der Waals surface area contributed by atoms with Gasteiger partial charge in [0.1, 0.15) is 5.69 Å². The molecule has 0 aromatic heterocycles. The average Bonchev–Trinajstić information content (AvgIpc) is 2.51. The zero-order valence-electron chi connectivity index (χ0n) is 13.1. The van der Waals surface area contributed by atoms with Crippen molar-refractivity contribution in [1.29, 1.82) is 0 Å². The molecule has 7 nitrogen and oxygen atoms in total. The highest BCUT2D eigenvalue weighted by atomic mass is 127. The van der Waals surface area contributed by atoms with Crippen LogP contribution in [-0.2, 0) is 6.18 Å². The van der Waals surface area contributed by atoms with Crippen molar-refractivity contribution in [2.24, 2.45) is 0 Å². The summed E-state index contributed by atoms with van der Waals surface area (Å²) in [6.45, 7) is 0. The van der Waals surface area contributed by atoms with Crippen LogP contribution in [0.5, 0.6) is 0 Å². The molecular weight excluding hydrogens is 618 g/mol. The molecular formula is C14H7Br2F3IN3O4. The Bertz CT molecular complexity index is 933. The van der Waals surface area contributed by atoms with Gasteiger partial charge in [-0.2, -0.15) is 13.2 Å². The van der Waals surface area contributed by atoms with E-state index in [1.165, 1.54) is 7.05 Å². The summed E-state index contributed by atoms with van der Waals surface area (Å²) < 4.78 is 42.3. The topological polar surface area (TPSA) is 89.5 Å². The maximum Gasteiger partial charge on any atom is 0.418 e. The lowest BCUT2D eigenvalue weighted by molar-refractivity contribution is -0.394. The Morgan fingerprint density at radius 3 is 1.93 bits per heavy atom. The summed E-state index contributed by atoms with van der Waals surface area (Å²) in [5, 5.41) is 22.3. The molecule has 0 heterocycles. The van der Waals surface area contributed by atoms with Crippen molar-refractivity contribution in [3.8, 4) is 0 Å². The Balaban J connectivity index is 2.90. The van der Waals surface area contributed by atoms with Gasteiger partial charge in [-0.15, -0.1) is 0 Å². The molecule has 144 valence electrons. The van der Waals surface area contributed by atoms with E-state index in [1.807, 2.05) is 22.6 Å². The third-order valence-electron chi connectivity index (χ3n) is 3.44. The Hall–Kier alpha value is -1.48. The van der Waals surface area contributed by atoms with Crippen LogP contribution in [0.3, 0.4) is 0 Å². The summed E-state index contributed by atoms with van der Waals surface area (Å²) in [6.07, 6.45) is -5.05. The highest BCUT2D eigenvalue weighted by Gasteiger charge is 2.41. The quantitative estimate of drug-likeness (QED) is 0.223. The van der Waals surface area contributed by atoms with Gasteiger partial charge in [0.05, 0.1) is 27.2 Å². The fourth-order valence-corrected chi connectivity index (χ4v) is 5.58. The SMILES string of the molecule is CN(c1c(Br)cc(I)cc1Br)c1c([N+](=O)[O-])cc([N+](=O)[O-])cc1C(F)(F)F. The van der Waals surface area contributed by atoms with Crippen LogP contribution in [0.1, 0.15) is 5.56 Å². The summed E-state index contributed by atoms with van der Waals surface area (Å²) in [6, 6.07) is 4.02. The molecule has 2 aromatic rings. The first-order valence-corrected chi connectivity index (χ1v) is 9.43. The van der Waals surface area contributed by atoms with Gasteiger partial charge in [-0.05, 0) is 66.6 Å². The minimum absolute atomic E-state index is 0.192. The number of nitro groups is 2. The number of hydrogen-bond acceptors (Lipinski definition) is 5. The molecule has 27 heavy (non-hydrogen) atoms. The van der Waals surface area contributed by atoms with Crippen LogP contribution in [0.4, 0.5) is 35.9 Å². The second-order valence-electron chi connectivity index (χ2n) is 5.15. The molecule has 0 unspecified atom stereocenters. The van der Waals surface area contributed by atoms with Gasteiger partial charge in [-0.25, -0.2) is 0 Å². The summed E-state index contributed by atoms with van der Waals surface area (Å²) in [5.41, 5.74) is -4.15. The van der Waals surface area contributed by atoms with Crippen LogP contribution < -0.4 is 4.90 Å². The van der Waals surface area contributed by atoms with Gasteiger partial charge in [0.2, 0.25) is 0 Å². The minimum atomic E-state index is -5.05. The number of non-ortho nitro benzene ring substituents is 1. The third kappa shape index (κ3) is 4.51. The van der Waals surface area contributed by atoms with Gasteiger partial charge < -0.3 is 4.90 Å². The predicted octanol–water partition coefficient (Wildman–Crippen LogP) is 6.42. The van der Waals surface area contributed by atoms with E-state index in [2.05, 4.69) is 31.9 Å². The fourth-order valence-electron chi connectivity index (χ4n) is 2.38. The number of halogens is 6. The molecule has 0 fully saturated rings. The Kier molecular flexibility index (Phi) is 6.36. The van der Waals surface area contributed by atoms with Crippen molar-refractivity contribution >= 4 is 77.2 Å². The second kappa shape index (κ2) is 7.87. The zero-order chi connectivity index (χ0) is 20.7. The number of rotatable bonds is 4. The van der Waals surface area contributed by atoms with Crippen LogP contribution in [0, 0.1) is 23.8 Å². The first-order valence-electron chi connectivity index (χ1n) is 6.77. The molecule has 13 heteroatoms. The van der Waals surface area contributed by atoms with Gasteiger partial charge in [0.25, 0.3) is 11.4 Å². The van der Waals surface area contributed by atoms with Crippen molar-refractivity contribution in [3.05, 3.63) is 62.6 Å². The normalized spacial score (nSPS) is 11.4. The predicted molar refractivity (Wildman–Crippen MR) is 107 cm³/mol. The molecule has 2 aromatic carbocycles. The fraction of sp³-hybridized carbons (Fsp3) is 0.143. The van der Waals surface area contributed by atoms with Crippen LogP contribution >= 0.6 is 54.5 Å². The lowest BCUT2D eigenvalue weighted by atomic mass is 10.1. The molecule has 0 N–H and O–H groups in total. The lowest BCUT2D eigenvalue weighted by Gasteiger charge is -2.25. The molecule has 0 amide bonds. The van der Waals surface area contributed by atoms with Crippen molar-refractivity contribution < 1.29 is 23.0 Å². The van der Waals surface area contributed by atoms with Crippen LogP contribution in [0.2, 0.25) is 0 Å². The Morgan fingerprint density at radius 1 is 1.00 bits per heavy atom. The van der Waals surface area contributed by atoms with E-state index in [9.17, 15) is 33.4 Å². The van der Waals surface area contributed by atoms with E-state index in [0.29, 0.717) is 15.0 Å². The summed E-state index contributed by atoms with van der Waals surface area (Å²) in [5.74, 6) is 0. The second-order valence-corrected chi connectivity index (χ2v) is 8.10. The summed E-state index contributed by atoms with van der Waals surface area (Å²) >= 11 is 8.46. The highest BCUT2D eigenvalue weighted by Crippen LogP contribution is 2.48. The zero-order valence-corrected chi connectivity index (χ0v) is 18.4. The van der Waals surface area contributed by atoms with Gasteiger partial charge >= 0.3 is 6.18 Å². The summed E-state index contributed by atoms with van der Waals surface area (Å²) in [7, 11) is 1.21.